The van der Waals surface area contributed by atoms with Crippen molar-refractivity contribution in [2.24, 2.45) is 0 Å². The number of nitro benzene ring substituents is 1. The van der Waals surface area contributed by atoms with E-state index in [-0.39, 0.29) is 36.2 Å². The van der Waals surface area contributed by atoms with Gasteiger partial charge in [-0.1, -0.05) is 0 Å². The van der Waals surface area contributed by atoms with E-state index in [2.05, 4.69) is 10.2 Å². The minimum Gasteiger partial charge on any atom is -0.459 e. The van der Waals surface area contributed by atoms with Crippen LogP contribution >= 0.6 is 0 Å². The molecule has 1 aromatic carbocycles. The Morgan fingerprint density at radius 1 is 1.11 bits per heavy atom. The predicted octanol–water partition coefficient (Wildman–Crippen LogP) is 1.66. The molecule has 0 spiro atoms. The maximum atomic E-state index is 12.3. The minimum absolute atomic E-state index is 0.0157. The van der Waals surface area contributed by atoms with E-state index in [1.54, 1.807) is 29.2 Å². The molecule has 2 aromatic rings. The standard InChI is InChI=1S/C18H20N4O5/c23-17(7-8-19-18(24)16-2-1-13-27-16)21-11-9-20(10-12-21)14-3-5-15(6-4-14)22(25)26/h1-6,13H,7-12H2,(H,19,24). The summed E-state index contributed by atoms with van der Waals surface area (Å²) in [6.45, 7) is 2.70. The highest BCUT2D eigenvalue weighted by atomic mass is 16.6. The summed E-state index contributed by atoms with van der Waals surface area (Å²) in [7, 11) is 0. The molecule has 9 heteroatoms. The fourth-order valence-corrected chi connectivity index (χ4v) is 2.94. The first-order chi connectivity index (χ1) is 13.0. The van der Waals surface area contributed by atoms with Gasteiger partial charge in [-0.15, -0.1) is 0 Å². The Hall–Kier alpha value is -3.36. The summed E-state index contributed by atoms with van der Waals surface area (Å²) in [6.07, 6.45) is 1.65. The van der Waals surface area contributed by atoms with Crippen molar-refractivity contribution < 1.29 is 18.9 Å². The quantitative estimate of drug-likeness (QED) is 0.610. The zero-order valence-corrected chi connectivity index (χ0v) is 14.7. The Kier molecular flexibility index (Phi) is 5.70. The molecular formula is C18H20N4O5. The van der Waals surface area contributed by atoms with Crippen LogP contribution in [-0.4, -0.2) is 54.4 Å². The molecule has 1 saturated heterocycles. The van der Waals surface area contributed by atoms with Crippen molar-refractivity contribution in [3.8, 4) is 0 Å². The van der Waals surface area contributed by atoms with Crippen LogP contribution in [0, 0.1) is 10.1 Å². The zero-order chi connectivity index (χ0) is 19.2. The van der Waals surface area contributed by atoms with Crippen LogP contribution in [0.3, 0.4) is 0 Å². The van der Waals surface area contributed by atoms with Crippen molar-refractivity contribution in [3.63, 3.8) is 0 Å². The molecule has 9 nitrogen and oxygen atoms in total. The highest BCUT2D eigenvalue weighted by molar-refractivity contribution is 5.91. The van der Waals surface area contributed by atoms with E-state index in [0.29, 0.717) is 26.2 Å². The number of nitrogens with zero attached hydrogens (tertiary/aromatic N) is 3. The summed E-state index contributed by atoms with van der Waals surface area (Å²) in [4.78, 5) is 38.2. The van der Waals surface area contributed by atoms with Gasteiger partial charge in [0.15, 0.2) is 5.76 Å². The lowest BCUT2D eigenvalue weighted by molar-refractivity contribution is -0.384. The van der Waals surface area contributed by atoms with Gasteiger partial charge in [0.1, 0.15) is 0 Å². The third kappa shape index (κ3) is 4.63. The second-order valence-electron chi connectivity index (χ2n) is 6.12. The number of carbonyl (C=O) groups is 2. The van der Waals surface area contributed by atoms with E-state index in [0.717, 1.165) is 5.69 Å². The molecule has 0 unspecified atom stereocenters. The van der Waals surface area contributed by atoms with Crippen LogP contribution in [0.4, 0.5) is 11.4 Å². The van der Waals surface area contributed by atoms with Crippen molar-refractivity contribution in [2.45, 2.75) is 6.42 Å². The summed E-state index contributed by atoms with van der Waals surface area (Å²) >= 11 is 0. The average Bonchev–Trinajstić information content (AvgIpc) is 3.23. The summed E-state index contributed by atoms with van der Waals surface area (Å²) < 4.78 is 4.99. The van der Waals surface area contributed by atoms with Gasteiger partial charge in [0.25, 0.3) is 11.6 Å². The second-order valence-corrected chi connectivity index (χ2v) is 6.12. The molecule has 0 atom stereocenters. The second kappa shape index (κ2) is 8.35. The summed E-state index contributed by atoms with van der Waals surface area (Å²) in [5, 5.41) is 13.4. The van der Waals surface area contributed by atoms with E-state index in [4.69, 9.17) is 4.42 Å². The Bertz CT molecular complexity index is 796. The van der Waals surface area contributed by atoms with Gasteiger partial charge in [0.05, 0.1) is 11.2 Å². The predicted molar refractivity (Wildman–Crippen MR) is 97.5 cm³/mol. The molecule has 1 aliphatic heterocycles. The number of benzene rings is 1. The molecule has 1 aliphatic rings. The van der Waals surface area contributed by atoms with Crippen LogP contribution < -0.4 is 10.2 Å². The van der Waals surface area contributed by atoms with Crippen molar-refractivity contribution >= 4 is 23.2 Å². The minimum atomic E-state index is -0.426. The van der Waals surface area contributed by atoms with E-state index in [9.17, 15) is 19.7 Å². The number of carbonyl (C=O) groups excluding carboxylic acids is 2. The van der Waals surface area contributed by atoms with Gasteiger partial charge in [-0.3, -0.25) is 19.7 Å². The van der Waals surface area contributed by atoms with E-state index >= 15 is 0 Å². The number of amides is 2. The molecule has 2 amide bonds. The number of piperazine rings is 1. The number of hydrogen-bond donors (Lipinski definition) is 1. The normalized spacial score (nSPS) is 14.1. The van der Waals surface area contributed by atoms with E-state index in [1.807, 2.05) is 0 Å². The lowest BCUT2D eigenvalue weighted by atomic mass is 10.2. The lowest BCUT2D eigenvalue weighted by Gasteiger charge is -2.36. The van der Waals surface area contributed by atoms with E-state index in [1.165, 1.54) is 18.4 Å². The van der Waals surface area contributed by atoms with E-state index < -0.39 is 4.92 Å². The molecular weight excluding hydrogens is 352 g/mol. The Morgan fingerprint density at radius 3 is 2.41 bits per heavy atom. The Balaban J connectivity index is 1.42. The number of anilines is 1. The number of hydrogen-bond acceptors (Lipinski definition) is 6. The first-order valence-corrected chi connectivity index (χ1v) is 8.63. The van der Waals surface area contributed by atoms with Gasteiger partial charge in [0.2, 0.25) is 5.91 Å². The van der Waals surface area contributed by atoms with Crippen molar-refractivity contribution in [2.75, 3.05) is 37.6 Å². The third-order valence-corrected chi connectivity index (χ3v) is 4.43. The van der Waals surface area contributed by atoms with Crippen molar-refractivity contribution in [3.05, 3.63) is 58.5 Å². The van der Waals surface area contributed by atoms with Gasteiger partial charge < -0.3 is 19.5 Å². The molecule has 27 heavy (non-hydrogen) atoms. The van der Waals surface area contributed by atoms with Crippen LogP contribution in [0.1, 0.15) is 17.0 Å². The molecule has 0 radical (unpaired) electrons. The zero-order valence-electron chi connectivity index (χ0n) is 14.7. The smallest absolute Gasteiger partial charge is 0.286 e. The first-order valence-electron chi connectivity index (χ1n) is 8.63. The Labute approximate surface area is 155 Å². The Morgan fingerprint density at radius 2 is 1.81 bits per heavy atom. The van der Waals surface area contributed by atoms with Gasteiger partial charge >= 0.3 is 0 Å². The van der Waals surface area contributed by atoms with Gasteiger partial charge in [-0.2, -0.15) is 0 Å². The van der Waals surface area contributed by atoms with Crippen LogP contribution in [0.2, 0.25) is 0 Å². The number of non-ortho nitro benzene ring substituents is 1. The third-order valence-electron chi connectivity index (χ3n) is 4.43. The average molecular weight is 372 g/mol. The van der Waals surface area contributed by atoms with Crippen LogP contribution in [0.15, 0.2) is 47.1 Å². The molecule has 1 N–H and O–H groups in total. The highest BCUT2D eigenvalue weighted by Gasteiger charge is 2.21. The summed E-state index contributed by atoms with van der Waals surface area (Å²) in [5.41, 5.74) is 0.961. The van der Waals surface area contributed by atoms with Gasteiger partial charge in [-0.05, 0) is 24.3 Å². The summed E-state index contributed by atoms with van der Waals surface area (Å²) in [5.74, 6) is -0.131. The SMILES string of the molecule is O=C(NCCC(=O)N1CCN(c2ccc([N+](=O)[O-])cc2)CC1)c1ccco1. The van der Waals surface area contributed by atoms with Crippen molar-refractivity contribution in [1.29, 1.82) is 0 Å². The van der Waals surface area contributed by atoms with Gasteiger partial charge in [0, 0.05) is 57.0 Å². The molecule has 142 valence electrons. The first kappa shape index (κ1) is 18.4. The largest absolute Gasteiger partial charge is 0.459 e. The number of nitro groups is 1. The molecule has 1 aromatic heterocycles. The molecule has 3 rings (SSSR count). The molecule has 0 aliphatic carbocycles. The van der Waals surface area contributed by atoms with Crippen LogP contribution in [0.5, 0.6) is 0 Å². The fraction of sp³-hybridized carbons (Fsp3) is 0.333. The maximum Gasteiger partial charge on any atom is 0.286 e. The molecule has 0 bridgehead atoms. The summed E-state index contributed by atoms with van der Waals surface area (Å²) in [6, 6.07) is 9.60. The number of furan rings is 1. The van der Waals surface area contributed by atoms with Crippen LogP contribution in [-0.2, 0) is 4.79 Å². The number of nitrogens with one attached hydrogen (secondary N) is 1. The maximum absolute atomic E-state index is 12.3. The molecule has 1 fully saturated rings. The molecule has 2 heterocycles. The fourth-order valence-electron chi connectivity index (χ4n) is 2.94. The lowest BCUT2D eigenvalue weighted by Crippen LogP contribution is -2.49. The monoisotopic (exact) mass is 372 g/mol. The van der Waals surface area contributed by atoms with Crippen LogP contribution in [0.25, 0.3) is 0 Å². The number of rotatable bonds is 6. The van der Waals surface area contributed by atoms with Gasteiger partial charge in [-0.25, -0.2) is 0 Å². The van der Waals surface area contributed by atoms with Crippen molar-refractivity contribution in [1.82, 2.24) is 10.2 Å². The topological polar surface area (TPSA) is 109 Å². The molecule has 0 saturated carbocycles. The highest BCUT2D eigenvalue weighted by Crippen LogP contribution is 2.20.